The summed E-state index contributed by atoms with van der Waals surface area (Å²) in [5.74, 6) is -0.283. The number of nitrogens with zero attached hydrogens (tertiary/aromatic N) is 4. The average molecular weight is 378 g/mol. The quantitative estimate of drug-likeness (QED) is 0.628. The van der Waals surface area contributed by atoms with Crippen molar-refractivity contribution in [2.75, 3.05) is 6.54 Å². The molecule has 1 atom stereocenters. The Morgan fingerprint density at radius 2 is 1.96 bits per heavy atom. The molecule has 0 amide bonds. The van der Waals surface area contributed by atoms with E-state index in [1.807, 2.05) is 0 Å². The van der Waals surface area contributed by atoms with E-state index >= 15 is 0 Å². The molecule has 1 unspecified atom stereocenters. The Morgan fingerprint density at radius 1 is 1.19 bits per heavy atom. The van der Waals surface area contributed by atoms with Gasteiger partial charge < -0.3 is 0 Å². The molecule has 3 heterocycles. The predicted octanol–water partition coefficient (Wildman–Crippen LogP) is 4.53. The number of likely N-dealkylation sites (tertiary alicyclic amines) is 1. The lowest BCUT2D eigenvalue weighted by atomic mass is 10.1. The highest BCUT2D eigenvalue weighted by molar-refractivity contribution is 5.43. The fraction of sp³-hybridized carbons (Fsp3) is 0.368. The molecule has 0 spiro atoms. The zero-order valence-electron chi connectivity index (χ0n) is 14.7. The van der Waals surface area contributed by atoms with Crippen LogP contribution >= 0.6 is 0 Å². The molecule has 0 aliphatic carbocycles. The SMILES string of the molecule is Cc1cc(C(F)(F)F)n2nc(C3CCCN3Cc3ccccc3F)cc2n1. The van der Waals surface area contributed by atoms with Crippen LogP contribution in [-0.4, -0.2) is 26.0 Å². The summed E-state index contributed by atoms with van der Waals surface area (Å²) in [7, 11) is 0. The summed E-state index contributed by atoms with van der Waals surface area (Å²) in [6, 6.07) is 8.98. The van der Waals surface area contributed by atoms with Gasteiger partial charge in [0, 0.05) is 23.9 Å². The predicted molar refractivity (Wildman–Crippen MR) is 91.5 cm³/mol. The van der Waals surface area contributed by atoms with Gasteiger partial charge in [0.1, 0.15) is 11.5 Å². The number of aromatic nitrogens is 3. The molecule has 1 aliphatic heterocycles. The summed E-state index contributed by atoms with van der Waals surface area (Å²) < 4.78 is 54.9. The van der Waals surface area contributed by atoms with Gasteiger partial charge in [0.15, 0.2) is 5.65 Å². The monoisotopic (exact) mass is 378 g/mol. The van der Waals surface area contributed by atoms with Gasteiger partial charge in [-0.2, -0.15) is 18.3 Å². The van der Waals surface area contributed by atoms with Crippen molar-refractivity contribution in [2.24, 2.45) is 0 Å². The molecule has 2 aromatic heterocycles. The lowest BCUT2D eigenvalue weighted by Crippen LogP contribution is -2.23. The fourth-order valence-electron chi connectivity index (χ4n) is 3.68. The van der Waals surface area contributed by atoms with E-state index in [4.69, 9.17) is 0 Å². The van der Waals surface area contributed by atoms with E-state index in [1.54, 1.807) is 24.3 Å². The molecule has 0 bridgehead atoms. The average Bonchev–Trinajstić information content (AvgIpc) is 3.21. The van der Waals surface area contributed by atoms with Gasteiger partial charge in [0.05, 0.1) is 11.7 Å². The minimum Gasteiger partial charge on any atom is -0.290 e. The van der Waals surface area contributed by atoms with E-state index in [9.17, 15) is 17.6 Å². The van der Waals surface area contributed by atoms with E-state index in [2.05, 4.69) is 15.0 Å². The normalized spacial score (nSPS) is 18.5. The van der Waals surface area contributed by atoms with Crippen molar-refractivity contribution in [3.8, 4) is 0 Å². The summed E-state index contributed by atoms with van der Waals surface area (Å²) >= 11 is 0. The number of halogens is 4. The second kappa shape index (κ2) is 6.60. The van der Waals surface area contributed by atoms with Gasteiger partial charge in [-0.25, -0.2) is 13.9 Å². The van der Waals surface area contributed by atoms with Crippen molar-refractivity contribution in [1.82, 2.24) is 19.5 Å². The molecule has 4 nitrogen and oxygen atoms in total. The van der Waals surface area contributed by atoms with Crippen molar-refractivity contribution in [2.45, 2.75) is 38.5 Å². The third-order valence-electron chi connectivity index (χ3n) is 4.90. The first-order valence-corrected chi connectivity index (χ1v) is 8.75. The van der Waals surface area contributed by atoms with Crippen molar-refractivity contribution < 1.29 is 17.6 Å². The first-order chi connectivity index (χ1) is 12.8. The standard InChI is InChI=1S/C19H18F4N4/c1-12-9-17(19(21,22)23)27-18(24-12)10-15(25-27)16-7-4-8-26(16)11-13-5-2-3-6-14(13)20/h2-3,5-6,9-10,16H,4,7-8,11H2,1H3. The smallest absolute Gasteiger partial charge is 0.290 e. The first-order valence-electron chi connectivity index (χ1n) is 8.75. The molecule has 1 saturated heterocycles. The second-order valence-corrected chi connectivity index (χ2v) is 6.84. The molecule has 27 heavy (non-hydrogen) atoms. The first kappa shape index (κ1) is 17.9. The van der Waals surface area contributed by atoms with E-state index in [0.29, 0.717) is 17.8 Å². The Labute approximate surface area is 153 Å². The third-order valence-corrected chi connectivity index (χ3v) is 4.90. The molecule has 0 saturated carbocycles. The maximum Gasteiger partial charge on any atom is 0.433 e. The molecule has 4 rings (SSSR count). The summed E-state index contributed by atoms with van der Waals surface area (Å²) in [5.41, 5.74) is 0.728. The van der Waals surface area contributed by atoms with E-state index < -0.39 is 11.9 Å². The van der Waals surface area contributed by atoms with Crippen LogP contribution in [0.25, 0.3) is 5.65 Å². The van der Waals surface area contributed by atoms with Crippen LogP contribution in [0, 0.1) is 12.7 Å². The highest BCUT2D eigenvalue weighted by atomic mass is 19.4. The van der Waals surface area contributed by atoms with Crippen molar-refractivity contribution in [1.29, 1.82) is 0 Å². The van der Waals surface area contributed by atoms with Gasteiger partial charge in [0.2, 0.25) is 0 Å². The van der Waals surface area contributed by atoms with Gasteiger partial charge in [-0.1, -0.05) is 18.2 Å². The van der Waals surface area contributed by atoms with Crippen LogP contribution in [0.1, 0.15) is 41.5 Å². The van der Waals surface area contributed by atoms with Crippen LogP contribution in [0.3, 0.4) is 0 Å². The summed E-state index contributed by atoms with van der Waals surface area (Å²) in [5, 5.41) is 4.22. The molecular formula is C19H18F4N4. The Bertz CT molecular complexity index is 979. The number of hydrogen-bond donors (Lipinski definition) is 0. The maximum atomic E-state index is 14.0. The largest absolute Gasteiger partial charge is 0.433 e. The van der Waals surface area contributed by atoms with Crippen LogP contribution in [0.4, 0.5) is 17.6 Å². The van der Waals surface area contributed by atoms with E-state index in [1.165, 1.54) is 13.0 Å². The maximum absolute atomic E-state index is 14.0. The molecule has 0 radical (unpaired) electrons. The molecule has 1 aliphatic rings. The molecule has 142 valence electrons. The van der Waals surface area contributed by atoms with Crippen LogP contribution in [0.5, 0.6) is 0 Å². The summed E-state index contributed by atoms with van der Waals surface area (Å²) in [4.78, 5) is 6.24. The van der Waals surface area contributed by atoms with Crippen LogP contribution < -0.4 is 0 Å². The molecule has 3 aromatic rings. The number of hydrogen-bond acceptors (Lipinski definition) is 3. The van der Waals surface area contributed by atoms with Gasteiger partial charge in [-0.05, 0) is 38.4 Å². The zero-order chi connectivity index (χ0) is 19.2. The molecule has 8 heteroatoms. The number of aryl methyl sites for hydroxylation is 1. The van der Waals surface area contributed by atoms with Gasteiger partial charge in [-0.3, -0.25) is 4.90 Å². The number of alkyl halides is 3. The fourth-order valence-corrected chi connectivity index (χ4v) is 3.68. The van der Waals surface area contributed by atoms with E-state index in [0.717, 1.165) is 30.0 Å². The number of rotatable bonds is 3. The number of fused-ring (bicyclic) bond motifs is 1. The topological polar surface area (TPSA) is 33.4 Å². The van der Waals surface area contributed by atoms with Crippen molar-refractivity contribution in [3.05, 3.63) is 64.9 Å². The molecular weight excluding hydrogens is 360 g/mol. The highest BCUT2D eigenvalue weighted by Gasteiger charge is 2.36. The van der Waals surface area contributed by atoms with Gasteiger partial charge >= 0.3 is 6.18 Å². The Hall–Kier alpha value is -2.48. The van der Waals surface area contributed by atoms with Crippen LogP contribution in [0.15, 0.2) is 36.4 Å². The van der Waals surface area contributed by atoms with Crippen LogP contribution in [-0.2, 0) is 12.7 Å². The zero-order valence-corrected chi connectivity index (χ0v) is 14.7. The lowest BCUT2D eigenvalue weighted by Gasteiger charge is -2.23. The molecule has 0 N–H and O–H groups in total. The molecule has 1 fully saturated rings. The Morgan fingerprint density at radius 3 is 2.70 bits per heavy atom. The lowest BCUT2D eigenvalue weighted by molar-refractivity contribution is -0.142. The van der Waals surface area contributed by atoms with Crippen molar-refractivity contribution >= 4 is 5.65 Å². The van der Waals surface area contributed by atoms with Crippen LogP contribution in [0.2, 0.25) is 0 Å². The Kier molecular flexibility index (Phi) is 4.38. The minimum absolute atomic E-state index is 0.160. The molecule has 1 aromatic carbocycles. The van der Waals surface area contributed by atoms with E-state index in [-0.39, 0.29) is 23.2 Å². The third kappa shape index (κ3) is 3.41. The summed E-state index contributed by atoms with van der Waals surface area (Å²) in [6.45, 7) is 2.66. The summed E-state index contributed by atoms with van der Waals surface area (Å²) in [6.07, 6.45) is -2.87. The minimum atomic E-state index is -4.52. The van der Waals surface area contributed by atoms with Crippen molar-refractivity contribution in [3.63, 3.8) is 0 Å². The van der Waals surface area contributed by atoms with Gasteiger partial charge in [-0.15, -0.1) is 0 Å². The highest BCUT2D eigenvalue weighted by Crippen LogP contribution is 2.35. The Balaban J connectivity index is 1.70. The van der Waals surface area contributed by atoms with Gasteiger partial charge in [0.25, 0.3) is 0 Å². The second-order valence-electron chi connectivity index (χ2n) is 6.84. The number of benzene rings is 1.